The summed E-state index contributed by atoms with van der Waals surface area (Å²) in [5, 5.41) is 0. The summed E-state index contributed by atoms with van der Waals surface area (Å²) in [7, 11) is -2.25. The summed E-state index contributed by atoms with van der Waals surface area (Å²) in [4.78, 5) is 10.8. The summed E-state index contributed by atoms with van der Waals surface area (Å²) in [6.07, 6.45) is 0.734. The molecule has 0 aliphatic rings. The normalized spacial score (nSPS) is 13.8. The number of methoxy groups -OCH3 is 1. The van der Waals surface area contributed by atoms with Gasteiger partial charge in [-0.1, -0.05) is 6.92 Å². The molecule has 0 aliphatic heterocycles. The van der Waals surface area contributed by atoms with Crippen LogP contribution in [0.5, 0.6) is 0 Å². The van der Waals surface area contributed by atoms with E-state index in [1.807, 2.05) is 0 Å². The van der Waals surface area contributed by atoms with Gasteiger partial charge in [-0.25, -0.2) is 0 Å². The van der Waals surface area contributed by atoms with E-state index in [4.69, 9.17) is 0 Å². The van der Waals surface area contributed by atoms with Crippen molar-refractivity contribution >= 4 is 16.1 Å². The minimum Gasteiger partial charge on any atom is -0.469 e. The molecule has 0 aliphatic carbocycles. The van der Waals surface area contributed by atoms with Crippen LogP contribution in [-0.4, -0.2) is 33.9 Å². The van der Waals surface area contributed by atoms with Gasteiger partial charge in [0.2, 0.25) is 0 Å². The van der Waals surface area contributed by atoms with Crippen molar-refractivity contribution in [3.8, 4) is 0 Å². The largest absolute Gasteiger partial charge is 0.469 e. The Labute approximate surface area is 78.2 Å². The summed E-state index contributed by atoms with van der Waals surface area (Å²) in [6, 6.07) is 0. The molecule has 0 saturated heterocycles. The second-order valence-corrected chi connectivity index (χ2v) is 4.21. The summed E-state index contributed by atoms with van der Waals surface area (Å²) in [5.41, 5.74) is 0. The van der Waals surface area contributed by atoms with E-state index in [1.54, 1.807) is 6.92 Å². The topological polar surface area (TPSA) is 69.7 Å². The summed E-state index contributed by atoms with van der Waals surface area (Å²) >= 11 is 0. The molecule has 13 heavy (non-hydrogen) atoms. The minimum atomic E-state index is -3.50. The van der Waals surface area contributed by atoms with E-state index in [2.05, 4.69) is 8.92 Å². The molecule has 0 heterocycles. The van der Waals surface area contributed by atoms with E-state index in [9.17, 15) is 13.2 Å². The monoisotopic (exact) mass is 210 g/mol. The third-order valence-corrected chi connectivity index (χ3v) is 2.01. The van der Waals surface area contributed by atoms with Crippen LogP contribution in [-0.2, 0) is 23.8 Å². The fraction of sp³-hybridized carbons (Fsp3) is 0.857. The average molecular weight is 210 g/mol. The molecule has 0 spiro atoms. The van der Waals surface area contributed by atoms with Gasteiger partial charge >= 0.3 is 5.97 Å². The van der Waals surface area contributed by atoms with Gasteiger partial charge in [0.25, 0.3) is 10.1 Å². The van der Waals surface area contributed by atoms with Crippen LogP contribution in [0.25, 0.3) is 0 Å². The molecule has 1 atom stereocenters. The molecule has 0 saturated carbocycles. The molecule has 0 N–H and O–H groups in total. The SMILES string of the molecule is CC[C@H](CC(=O)OC)OS(C)(=O)=O. The van der Waals surface area contributed by atoms with Crippen LogP contribution >= 0.6 is 0 Å². The fourth-order valence-electron chi connectivity index (χ4n) is 0.763. The number of esters is 1. The van der Waals surface area contributed by atoms with Gasteiger partial charge in [-0.2, -0.15) is 8.42 Å². The quantitative estimate of drug-likeness (QED) is 0.482. The van der Waals surface area contributed by atoms with E-state index >= 15 is 0 Å². The Hall–Kier alpha value is -0.620. The van der Waals surface area contributed by atoms with E-state index in [0.29, 0.717) is 6.42 Å². The lowest BCUT2D eigenvalue weighted by Gasteiger charge is -2.12. The molecule has 0 radical (unpaired) electrons. The first-order valence-corrected chi connectivity index (χ1v) is 5.65. The van der Waals surface area contributed by atoms with Gasteiger partial charge in [0, 0.05) is 0 Å². The van der Waals surface area contributed by atoms with Gasteiger partial charge in [-0.05, 0) is 6.42 Å². The van der Waals surface area contributed by atoms with Crippen molar-refractivity contribution in [2.24, 2.45) is 0 Å². The van der Waals surface area contributed by atoms with Crippen LogP contribution in [0.2, 0.25) is 0 Å². The minimum absolute atomic E-state index is 0.0416. The zero-order valence-corrected chi connectivity index (χ0v) is 8.76. The Morgan fingerprint density at radius 3 is 2.31 bits per heavy atom. The van der Waals surface area contributed by atoms with Gasteiger partial charge in [0.15, 0.2) is 0 Å². The Morgan fingerprint density at radius 2 is 2.00 bits per heavy atom. The van der Waals surface area contributed by atoms with E-state index in [-0.39, 0.29) is 6.42 Å². The molecule has 0 rings (SSSR count). The lowest BCUT2D eigenvalue weighted by molar-refractivity contribution is -0.142. The lowest BCUT2D eigenvalue weighted by atomic mass is 10.2. The molecule has 5 nitrogen and oxygen atoms in total. The predicted molar refractivity (Wildman–Crippen MR) is 46.6 cm³/mol. The first kappa shape index (κ1) is 12.4. The van der Waals surface area contributed by atoms with Crippen molar-refractivity contribution < 1.29 is 22.1 Å². The van der Waals surface area contributed by atoms with Gasteiger partial charge in [0.1, 0.15) is 0 Å². The molecule has 0 aromatic heterocycles. The standard InChI is InChI=1S/C7H14O5S/c1-4-6(5-7(8)11-2)12-13(3,9)10/h6H,4-5H2,1-3H3/t6-/m1/s1. The molecular formula is C7H14O5S. The van der Waals surface area contributed by atoms with Crippen molar-refractivity contribution in [1.29, 1.82) is 0 Å². The molecule has 6 heteroatoms. The first-order chi connectivity index (χ1) is 5.89. The highest BCUT2D eigenvalue weighted by Crippen LogP contribution is 2.07. The molecule has 0 aromatic carbocycles. The third-order valence-electron chi connectivity index (χ3n) is 1.39. The highest BCUT2D eigenvalue weighted by Gasteiger charge is 2.17. The van der Waals surface area contributed by atoms with E-state index in [1.165, 1.54) is 7.11 Å². The number of rotatable bonds is 5. The van der Waals surface area contributed by atoms with E-state index in [0.717, 1.165) is 6.26 Å². The smallest absolute Gasteiger partial charge is 0.308 e. The highest BCUT2D eigenvalue weighted by molar-refractivity contribution is 7.86. The van der Waals surface area contributed by atoms with Crippen molar-refractivity contribution in [2.75, 3.05) is 13.4 Å². The molecule has 0 amide bonds. The number of hydrogen-bond donors (Lipinski definition) is 0. The molecule has 0 bridgehead atoms. The highest BCUT2D eigenvalue weighted by atomic mass is 32.2. The van der Waals surface area contributed by atoms with Crippen LogP contribution in [0.1, 0.15) is 19.8 Å². The van der Waals surface area contributed by atoms with Gasteiger partial charge < -0.3 is 4.74 Å². The second-order valence-electron chi connectivity index (χ2n) is 2.61. The van der Waals surface area contributed by atoms with Crippen LogP contribution in [0.4, 0.5) is 0 Å². The molecular weight excluding hydrogens is 196 g/mol. The maximum absolute atomic E-state index is 10.8. The maximum Gasteiger partial charge on any atom is 0.308 e. The van der Waals surface area contributed by atoms with Gasteiger partial charge in [0.05, 0.1) is 25.9 Å². The zero-order valence-electron chi connectivity index (χ0n) is 7.94. The van der Waals surface area contributed by atoms with Crippen molar-refractivity contribution in [3.05, 3.63) is 0 Å². The Morgan fingerprint density at radius 1 is 1.46 bits per heavy atom. The van der Waals surface area contributed by atoms with Crippen LogP contribution in [0.3, 0.4) is 0 Å². The molecule has 78 valence electrons. The van der Waals surface area contributed by atoms with Crippen LogP contribution < -0.4 is 0 Å². The summed E-state index contributed by atoms with van der Waals surface area (Å²) < 4.78 is 30.4. The van der Waals surface area contributed by atoms with Crippen molar-refractivity contribution in [2.45, 2.75) is 25.9 Å². The third kappa shape index (κ3) is 6.53. The van der Waals surface area contributed by atoms with E-state index < -0.39 is 22.2 Å². The van der Waals surface area contributed by atoms with Crippen LogP contribution in [0, 0.1) is 0 Å². The van der Waals surface area contributed by atoms with Gasteiger partial charge in [-0.15, -0.1) is 0 Å². The Balaban J connectivity index is 4.13. The number of carbonyl (C=O) groups excluding carboxylic acids is 1. The molecule has 0 aromatic rings. The molecule has 0 fully saturated rings. The van der Waals surface area contributed by atoms with Crippen LogP contribution in [0.15, 0.2) is 0 Å². The lowest BCUT2D eigenvalue weighted by Crippen LogP contribution is -2.21. The molecule has 0 unspecified atom stereocenters. The average Bonchev–Trinajstić information content (AvgIpc) is 2.00. The maximum atomic E-state index is 10.8. The Bertz CT molecular complexity index is 256. The second kappa shape index (κ2) is 5.18. The number of carbonyl (C=O) groups is 1. The predicted octanol–water partition coefficient (Wildman–Crippen LogP) is 0.304. The fourth-order valence-corrected chi connectivity index (χ4v) is 1.46. The Kier molecular flexibility index (Phi) is 4.94. The van der Waals surface area contributed by atoms with Crippen molar-refractivity contribution in [3.63, 3.8) is 0 Å². The number of ether oxygens (including phenoxy) is 1. The van der Waals surface area contributed by atoms with Crippen molar-refractivity contribution in [1.82, 2.24) is 0 Å². The number of hydrogen-bond acceptors (Lipinski definition) is 5. The zero-order chi connectivity index (χ0) is 10.5. The summed E-state index contributed by atoms with van der Waals surface area (Å²) in [5.74, 6) is -0.476. The first-order valence-electron chi connectivity index (χ1n) is 3.84. The summed E-state index contributed by atoms with van der Waals surface area (Å²) in [6.45, 7) is 1.73. The van der Waals surface area contributed by atoms with Gasteiger partial charge in [-0.3, -0.25) is 8.98 Å².